The maximum atomic E-state index is 13.4. The lowest BCUT2D eigenvalue weighted by Gasteiger charge is -2.29. The summed E-state index contributed by atoms with van der Waals surface area (Å²) in [7, 11) is 0. The van der Waals surface area contributed by atoms with Crippen LogP contribution in [0.1, 0.15) is 24.4 Å². The molecule has 0 bridgehead atoms. The number of halogens is 4. The normalized spacial score (nSPS) is 17.1. The number of carbonyl (C=O) groups is 1. The monoisotopic (exact) mass is 491 g/mol. The van der Waals surface area contributed by atoms with Gasteiger partial charge in [0.25, 0.3) is 11.7 Å². The van der Waals surface area contributed by atoms with E-state index >= 15 is 0 Å². The summed E-state index contributed by atoms with van der Waals surface area (Å²) in [5.41, 5.74) is 1.44. The number of benzene rings is 2. The molecule has 3 heterocycles. The lowest BCUT2D eigenvalue weighted by Crippen LogP contribution is -2.31. The van der Waals surface area contributed by atoms with Crippen LogP contribution in [-0.4, -0.2) is 33.9 Å². The fourth-order valence-electron chi connectivity index (χ4n) is 3.84. The van der Waals surface area contributed by atoms with Crippen LogP contribution in [0.25, 0.3) is 0 Å². The Bertz CT molecular complexity index is 1300. The van der Waals surface area contributed by atoms with E-state index in [4.69, 9.17) is 21.1 Å². The third-order valence-corrected chi connectivity index (χ3v) is 5.59. The number of nitrogens with one attached hydrogen (secondary N) is 2. The van der Waals surface area contributed by atoms with Gasteiger partial charge in [-0.3, -0.25) is 4.79 Å². The Labute approximate surface area is 196 Å². The number of aromatic nitrogens is 3. The van der Waals surface area contributed by atoms with Crippen molar-refractivity contribution in [2.45, 2.75) is 19.1 Å². The minimum Gasteiger partial charge on any atom is -0.486 e. The van der Waals surface area contributed by atoms with Gasteiger partial charge >= 0.3 is 6.18 Å². The second kappa shape index (κ2) is 8.24. The molecule has 1 aromatic heterocycles. The lowest BCUT2D eigenvalue weighted by atomic mass is 9.94. The number of anilines is 2. The molecule has 34 heavy (non-hydrogen) atoms. The van der Waals surface area contributed by atoms with Crippen molar-refractivity contribution in [2.75, 3.05) is 23.8 Å². The van der Waals surface area contributed by atoms with Crippen LogP contribution in [0.2, 0.25) is 5.02 Å². The molecule has 8 nitrogen and oxygen atoms in total. The topological polar surface area (TPSA) is 90.3 Å². The van der Waals surface area contributed by atoms with Crippen molar-refractivity contribution in [3.8, 4) is 11.5 Å². The molecule has 1 amide bonds. The molecule has 2 aromatic carbocycles. The Morgan fingerprint density at radius 3 is 2.56 bits per heavy atom. The predicted octanol–water partition coefficient (Wildman–Crippen LogP) is 4.65. The first-order chi connectivity index (χ1) is 16.2. The van der Waals surface area contributed by atoms with Gasteiger partial charge in [0.15, 0.2) is 11.5 Å². The van der Waals surface area contributed by atoms with Gasteiger partial charge in [0.1, 0.15) is 19.3 Å². The first kappa shape index (κ1) is 22.1. The zero-order valence-corrected chi connectivity index (χ0v) is 18.4. The van der Waals surface area contributed by atoms with Crippen LogP contribution < -0.4 is 20.1 Å². The fraction of sp³-hybridized carbons (Fsp3) is 0.227. The zero-order chi connectivity index (χ0) is 24.0. The summed E-state index contributed by atoms with van der Waals surface area (Å²) >= 11 is 5.91. The molecule has 0 saturated heterocycles. The molecule has 0 fully saturated rings. The van der Waals surface area contributed by atoms with Gasteiger partial charge in [-0.2, -0.15) is 18.2 Å². The summed E-state index contributed by atoms with van der Waals surface area (Å²) in [6, 6.07) is 10.4. The van der Waals surface area contributed by atoms with Crippen molar-refractivity contribution >= 4 is 29.1 Å². The van der Waals surface area contributed by atoms with Crippen molar-refractivity contribution in [1.29, 1.82) is 0 Å². The molecule has 2 N–H and O–H groups in total. The number of nitrogens with zero attached hydrogens (tertiary/aromatic N) is 3. The van der Waals surface area contributed by atoms with Crippen molar-refractivity contribution in [3.05, 3.63) is 70.1 Å². The molecule has 0 aliphatic carbocycles. The minimum atomic E-state index is -4.76. The molecule has 3 aromatic rings. The Balaban J connectivity index is 1.60. The number of rotatable bonds is 3. The molecular weight excluding hydrogens is 475 g/mol. The second-order valence-electron chi connectivity index (χ2n) is 7.63. The van der Waals surface area contributed by atoms with Crippen LogP contribution >= 0.6 is 11.6 Å². The number of alkyl halides is 3. The van der Waals surface area contributed by atoms with Crippen LogP contribution in [0.3, 0.4) is 0 Å². The quantitative estimate of drug-likeness (QED) is 0.554. The maximum Gasteiger partial charge on any atom is 0.453 e. The van der Waals surface area contributed by atoms with E-state index in [9.17, 15) is 18.0 Å². The number of fused-ring (bicyclic) bond motifs is 2. The van der Waals surface area contributed by atoms with Gasteiger partial charge in [0, 0.05) is 16.4 Å². The summed E-state index contributed by atoms with van der Waals surface area (Å²) in [6.07, 6.45) is -4.76. The van der Waals surface area contributed by atoms with Gasteiger partial charge in [0.2, 0.25) is 5.95 Å². The number of hydrogen-bond donors (Lipinski definition) is 2. The Kier molecular flexibility index (Phi) is 5.35. The number of amides is 1. The van der Waals surface area contributed by atoms with Gasteiger partial charge in [-0.15, -0.1) is 5.10 Å². The highest BCUT2D eigenvalue weighted by Crippen LogP contribution is 2.41. The largest absolute Gasteiger partial charge is 0.486 e. The molecule has 5 rings (SSSR count). The van der Waals surface area contributed by atoms with Gasteiger partial charge in [-0.25, -0.2) is 4.68 Å². The summed E-state index contributed by atoms with van der Waals surface area (Å²) in [6.45, 7) is 2.30. The van der Waals surface area contributed by atoms with E-state index in [2.05, 4.69) is 20.7 Å². The first-order valence-corrected chi connectivity index (χ1v) is 10.6. The van der Waals surface area contributed by atoms with E-state index in [1.165, 1.54) is 0 Å². The fourth-order valence-corrected chi connectivity index (χ4v) is 3.96. The number of carbonyl (C=O) groups excluding carboxylic acids is 1. The summed E-state index contributed by atoms with van der Waals surface area (Å²) < 4.78 is 52.4. The molecule has 176 valence electrons. The van der Waals surface area contributed by atoms with Crippen molar-refractivity contribution < 1.29 is 27.4 Å². The van der Waals surface area contributed by atoms with E-state index in [1.54, 1.807) is 49.4 Å². The van der Waals surface area contributed by atoms with E-state index in [0.29, 0.717) is 46.7 Å². The van der Waals surface area contributed by atoms with Crippen LogP contribution in [-0.2, 0) is 11.0 Å². The van der Waals surface area contributed by atoms with E-state index in [-0.39, 0.29) is 11.5 Å². The van der Waals surface area contributed by atoms with Crippen molar-refractivity contribution in [3.63, 3.8) is 0 Å². The van der Waals surface area contributed by atoms with Gasteiger partial charge in [-0.05, 0) is 48.9 Å². The average molecular weight is 492 g/mol. The Hall–Kier alpha value is -3.73. The number of hydrogen-bond acceptors (Lipinski definition) is 6. The molecular formula is C22H17ClF3N5O3. The van der Waals surface area contributed by atoms with Crippen LogP contribution in [0, 0.1) is 0 Å². The average Bonchev–Trinajstić information content (AvgIpc) is 3.23. The molecule has 1 unspecified atom stereocenters. The standard InChI is InChI=1S/C22H17ClF3N5O3/c1-11-17(19(32)28-14-5-3-13(23)4-6-14)18(12-2-7-15-16(10-12)34-9-8-33-15)31-21(27-11)29-20(30-31)22(24,25)26/h2-7,10,18H,8-9H2,1H3,(H,28,32)(H,27,29,30). The van der Waals surface area contributed by atoms with E-state index < -0.39 is 23.9 Å². The third-order valence-electron chi connectivity index (χ3n) is 5.33. The highest BCUT2D eigenvalue weighted by Gasteiger charge is 2.41. The molecule has 2 aliphatic heterocycles. The highest BCUT2D eigenvalue weighted by molar-refractivity contribution is 6.30. The summed E-state index contributed by atoms with van der Waals surface area (Å²) in [5, 5.41) is 9.72. The van der Waals surface area contributed by atoms with Gasteiger partial charge in [-0.1, -0.05) is 17.7 Å². The van der Waals surface area contributed by atoms with Gasteiger partial charge < -0.3 is 20.1 Å². The molecule has 0 spiro atoms. The smallest absolute Gasteiger partial charge is 0.453 e. The third kappa shape index (κ3) is 4.03. The Morgan fingerprint density at radius 1 is 1.15 bits per heavy atom. The number of allylic oxidation sites excluding steroid dienone is 1. The number of ether oxygens (including phenoxy) is 2. The summed E-state index contributed by atoms with van der Waals surface area (Å²) in [4.78, 5) is 17.0. The first-order valence-electron chi connectivity index (χ1n) is 10.2. The summed E-state index contributed by atoms with van der Waals surface area (Å²) in [5.74, 6) is -1.04. The maximum absolute atomic E-state index is 13.4. The van der Waals surface area contributed by atoms with E-state index in [1.807, 2.05) is 0 Å². The predicted molar refractivity (Wildman–Crippen MR) is 117 cm³/mol. The van der Waals surface area contributed by atoms with Crippen LogP contribution in [0.4, 0.5) is 24.8 Å². The SMILES string of the molecule is CC1=C(C(=O)Nc2ccc(Cl)cc2)C(c2ccc3c(c2)OCCO3)n2nc(C(F)(F)F)nc2N1. The molecule has 0 saturated carbocycles. The van der Waals surface area contributed by atoms with Crippen LogP contribution in [0.5, 0.6) is 11.5 Å². The molecule has 12 heteroatoms. The molecule has 1 atom stereocenters. The zero-order valence-electron chi connectivity index (χ0n) is 17.6. The highest BCUT2D eigenvalue weighted by atomic mass is 35.5. The lowest BCUT2D eigenvalue weighted by molar-refractivity contribution is -0.145. The van der Waals surface area contributed by atoms with Crippen molar-refractivity contribution in [1.82, 2.24) is 14.8 Å². The van der Waals surface area contributed by atoms with Crippen molar-refractivity contribution in [2.24, 2.45) is 0 Å². The van der Waals surface area contributed by atoms with Gasteiger partial charge in [0.05, 0.1) is 5.57 Å². The van der Waals surface area contributed by atoms with E-state index in [0.717, 1.165) is 4.68 Å². The van der Waals surface area contributed by atoms with Crippen LogP contribution in [0.15, 0.2) is 53.7 Å². The minimum absolute atomic E-state index is 0.132. The molecule has 2 aliphatic rings. The Morgan fingerprint density at radius 2 is 1.85 bits per heavy atom. The second-order valence-corrected chi connectivity index (χ2v) is 8.07. The molecule has 0 radical (unpaired) electrons.